The van der Waals surface area contributed by atoms with Gasteiger partial charge in [0.15, 0.2) is 17.4 Å². The number of rotatable bonds is 3. The van der Waals surface area contributed by atoms with Gasteiger partial charge < -0.3 is 15.2 Å². The number of hydrogen-bond donors (Lipinski definition) is 2. The van der Waals surface area contributed by atoms with E-state index in [9.17, 15) is 18.4 Å². The molecule has 0 saturated carbocycles. The first-order valence-electron chi connectivity index (χ1n) is 9.08. The summed E-state index contributed by atoms with van der Waals surface area (Å²) < 4.78 is 26.4. The maximum Gasteiger partial charge on any atom is 0.246 e. The van der Waals surface area contributed by atoms with Gasteiger partial charge in [0.05, 0.1) is 12.0 Å². The standard InChI is InChI=1S/C19H20F2N4O2.2ClH/c20-13-2-1-12(9-14(13)21)18(26)11-4-7-25(8-5-11)19(27)17-16-15(3-6-22-17)23-10-24-16;;/h1-2,9-11,17,22H,3-8H2,(H,23,24);2*1H. The van der Waals surface area contributed by atoms with Gasteiger partial charge in [0.1, 0.15) is 6.04 Å². The summed E-state index contributed by atoms with van der Waals surface area (Å²) in [5.74, 6) is -2.52. The number of likely N-dealkylation sites (tertiary alicyclic amines) is 1. The van der Waals surface area contributed by atoms with Gasteiger partial charge in [-0.1, -0.05) is 0 Å². The molecule has 3 heterocycles. The van der Waals surface area contributed by atoms with Gasteiger partial charge in [-0.2, -0.15) is 0 Å². The summed E-state index contributed by atoms with van der Waals surface area (Å²) in [6, 6.07) is 2.76. The van der Waals surface area contributed by atoms with Crippen molar-refractivity contribution in [2.45, 2.75) is 25.3 Å². The van der Waals surface area contributed by atoms with Crippen LogP contribution in [0, 0.1) is 17.6 Å². The third-order valence-electron chi connectivity index (χ3n) is 5.38. The van der Waals surface area contributed by atoms with Gasteiger partial charge in [0.2, 0.25) is 5.91 Å². The number of carbonyl (C=O) groups excluding carboxylic acids is 2. The molecule has 2 aliphatic heterocycles. The number of carbonyl (C=O) groups is 2. The number of aromatic nitrogens is 2. The molecule has 1 unspecified atom stereocenters. The molecule has 0 aliphatic carbocycles. The maximum atomic E-state index is 13.4. The van der Waals surface area contributed by atoms with Gasteiger partial charge in [-0.05, 0) is 31.0 Å². The van der Waals surface area contributed by atoms with Gasteiger partial charge in [0.25, 0.3) is 0 Å². The average molecular weight is 447 g/mol. The molecule has 10 heteroatoms. The number of amides is 1. The Morgan fingerprint density at radius 2 is 1.83 bits per heavy atom. The van der Waals surface area contributed by atoms with Crippen LogP contribution in [0.3, 0.4) is 0 Å². The molecule has 4 rings (SSSR count). The monoisotopic (exact) mass is 446 g/mol. The van der Waals surface area contributed by atoms with Crippen molar-refractivity contribution < 1.29 is 18.4 Å². The highest BCUT2D eigenvalue weighted by Crippen LogP contribution is 2.26. The molecule has 29 heavy (non-hydrogen) atoms. The summed E-state index contributed by atoms with van der Waals surface area (Å²) in [6.07, 6.45) is 3.42. The Labute approximate surface area is 179 Å². The third-order valence-corrected chi connectivity index (χ3v) is 5.38. The number of nitrogens with zero attached hydrogens (tertiary/aromatic N) is 2. The van der Waals surface area contributed by atoms with Crippen LogP contribution in [0.5, 0.6) is 0 Å². The highest BCUT2D eigenvalue weighted by atomic mass is 35.5. The molecule has 2 aromatic rings. The second-order valence-corrected chi connectivity index (χ2v) is 7.00. The largest absolute Gasteiger partial charge is 0.348 e. The van der Waals surface area contributed by atoms with Crippen LogP contribution in [-0.4, -0.2) is 46.2 Å². The van der Waals surface area contributed by atoms with E-state index in [-0.39, 0.29) is 48.0 Å². The van der Waals surface area contributed by atoms with Gasteiger partial charge in [-0.15, -0.1) is 24.8 Å². The zero-order valence-corrected chi connectivity index (χ0v) is 17.1. The summed E-state index contributed by atoms with van der Waals surface area (Å²) in [7, 11) is 0. The summed E-state index contributed by atoms with van der Waals surface area (Å²) >= 11 is 0. The van der Waals surface area contributed by atoms with E-state index in [4.69, 9.17) is 0 Å². The van der Waals surface area contributed by atoms with E-state index >= 15 is 0 Å². The van der Waals surface area contributed by atoms with Gasteiger partial charge in [-0.3, -0.25) is 9.59 Å². The van der Waals surface area contributed by atoms with Crippen LogP contribution in [0.2, 0.25) is 0 Å². The van der Waals surface area contributed by atoms with Crippen LogP contribution in [-0.2, 0) is 11.2 Å². The van der Waals surface area contributed by atoms with E-state index in [1.807, 2.05) is 0 Å². The van der Waals surface area contributed by atoms with Crippen LogP contribution in [0.1, 0.15) is 40.6 Å². The summed E-state index contributed by atoms with van der Waals surface area (Å²) in [4.78, 5) is 34.5. The number of piperidine rings is 1. The minimum absolute atomic E-state index is 0. The fraction of sp³-hybridized carbons (Fsp3) is 0.421. The van der Waals surface area contributed by atoms with Gasteiger partial charge in [-0.25, -0.2) is 13.8 Å². The Morgan fingerprint density at radius 1 is 1.10 bits per heavy atom. The first-order chi connectivity index (χ1) is 13.0. The van der Waals surface area contributed by atoms with Gasteiger partial charge >= 0.3 is 0 Å². The predicted molar refractivity (Wildman–Crippen MR) is 108 cm³/mol. The van der Waals surface area contributed by atoms with Crippen molar-refractivity contribution in [3.8, 4) is 0 Å². The number of ketones is 1. The molecule has 2 N–H and O–H groups in total. The maximum absolute atomic E-state index is 13.4. The smallest absolute Gasteiger partial charge is 0.246 e. The SMILES string of the molecule is Cl.Cl.O=C(c1ccc(F)c(F)c1)C1CCN(C(=O)C2NCCc3[nH]cnc32)CC1. The molecule has 0 radical (unpaired) electrons. The Kier molecular flexibility index (Phi) is 7.73. The predicted octanol–water partition coefficient (Wildman–Crippen LogP) is 2.84. The van der Waals surface area contributed by atoms with Crippen molar-refractivity contribution in [1.29, 1.82) is 0 Å². The first kappa shape index (κ1) is 23.3. The lowest BCUT2D eigenvalue weighted by Gasteiger charge is -2.34. The number of hydrogen-bond acceptors (Lipinski definition) is 4. The van der Waals surface area contributed by atoms with E-state index in [1.54, 1.807) is 11.2 Å². The zero-order chi connectivity index (χ0) is 19.0. The van der Waals surface area contributed by atoms with E-state index in [1.165, 1.54) is 6.07 Å². The zero-order valence-electron chi connectivity index (χ0n) is 15.5. The van der Waals surface area contributed by atoms with Crippen molar-refractivity contribution in [1.82, 2.24) is 20.2 Å². The molecule has 1 amide bonds. The number of nitrogens with one attached hydrogen (secondary N) is 2. The third kappa shape index (κ3) is 4.60. The quantitative estimate of drug-likeness (QED) is 0.710. The fourth-order valence-corrected chi connectivity index (χ4v) is 3.85. The van der Waals surface area contributed by atoms with Crippen molar-refractivity contribution in [3.63, 3.8) is 0 Å². The van der Waals surface area contributed by atoms with Crippen molar-refractivity contribution in [3.05, 3.63) is 53.1 Å². The van der Waals surface area contributed by atoms with Crippen LogP contribution < -0.4 is 5.32 Å². The second-order valence-electron chi connectivity index (χ2n) is 7.00. The molecule has 1 atom stereocenters. The number of fused-ring (bicyclic) bond motifs is 1. The van der Waals surface area contributed by atoms with Crippen molar-refractivity contribution in [2.24, 2.45) is 5.92 Å². The second kappa shape index (κ2) is 9.65. The lowest BCUT2D eigenvalue weighted by atomic mass is 9.88. The van der Waals surface area contributed by atoms with Crippen LogP contribution in [0.25, 0.3) is 0 Å². The highest BCUT2D eigenvalue weighted by molar-refractivity contribution is 5.98. The van der Waals surface area contributed by atoms with Crippen LogP contribution in [0.15, 0.2) is 24.5 Å². The van der Waals surface area contributed by atoms with E-state index in [0.29, 0.717) is 32.5 Å². The van der Waals surface area contributed by atoms with E-state index in [2.05, 4.69) is 15.3 Å². The summed E-state index contributed by atoms with van der Waals surface area (Å²) in [5.41, 5.74) is 1.90. The van der Waals surface area contributed by atoms with Crippen LogP contribution >= 0.6 is 24.8 Å². The van der Waals surface area contributed by atoms with Crippen molar-refractivity contribution >= 4 is 36.5 Å². The van der Waals surface area contributed by atoms with Crippen molar-refractivity contribution in [2.75, 3.05) is 19.6 Å². The first-order valence-corrected chi connectivity index (χ1v) is 9.08. The van der Waals surface area contributed by atoms with E-state index in [0.717, 1.165) is 29.9 Å². The molecule has 0 bridgehead atoms. The fourth-order valence-electron chi connectivity index (χ4n) is 3.85. The molecular weight excluding hydrogens is 425 g/mol. The number of halogens is 4. The topological polar surface area (TPSA) is 78.1 Å². The number of benzene rings is 1. The highest BCUT2D eigenvalue weighted by Gasteiger charge is 2.35. The molecular formula is C19H22Cl2F2N4O2. The lowest BCUT2D eigenvalue weighted by molar-refractivity contribution is -0.135. The molecule has 1 aromatic heterocycles. The Morgan fingerprint density at radius 3 is 2.52 bits per heavy atom. The van der Waals surface area contributed by atoms with Gasteiger partial charge in [0, 0.05) is 43.2 Å². The number of Topliss-reactive ketones (excluding diaryl/α,β-unsaturated/α-hetero) is 1. The van der Waals surface area contributed by atoms with E-state index < -0.39 is 17.7 Å². The minimum atomic E-state index is -1.02. The Bertz CT molecular complexity index is 885. The molecule has 6 nitrogen and oxygen atoms in total. The minimum Gasteiger partial charge on any atom is -0.348 e. The number of imidazole rings is 1. The molecule has 2 aliphatic rings. The molecule has 0 spiro atoms. The summed E-state index contributed by atoms with van der Waals surface area (Å²) in [6.45, 7) is 1.62. The number of H-pyrrole nitrogens is 1. The molecule has 1 fully saturated rings. The average Bonchev–Trinajstić information content (AvgIpc) is 3.18. The van der Waals surface area contributed by atoms with Crippen LogP contribution in [0.4, 0.5) is 8.78 Å². The molecule has 1 aromatic carbocycles. The normalized spacial score (nSPS) is 19.0. The Balaban J connectivity index is 0.00000150. The molecule has 158 valence electrons. The Hall–Kier alpha value is -2.03. The summed E-state index contributed by atoms with van der Waals surface area (Å²) in [5, 5.41) is 3.21. The number of aromatic amines is 1. The molecule has 1 saturated heterocycles. The lowest BCUT2D eigenvalue weighted by Crippen LogP contribution is -2.47.